The second-order valence-corrected chi connectivity index (χ2v) is 8.23. The van der Waals surface area contributed by atoms with Crippen molar-refractivity contribution in [3.63, 3.8) is 0 Å². The molecule has 1 saturated carbocycles. The van der Waals surface area contributed by atoms with Gasteiger partial charge in [-0.2, -0.15) is 0 Å². The predicted octanol–water partition coefficient (Wildman–Crippen LogP) is 2.54. The van der Waals surface area contributed by atoms with Gasteiger partial charge in [-0.3, -0.25) is 14.6 Å². The van der Waals surface area contributed by atoms with E-state index in [1.807, 2.05) is 19.1 Å². The standard InChI is InChI=1S/C21H32N2O4/c1-2-26-20(24)21-7-5-18(23-9-12-25-13-10-23)14-17(21)6-8-22(16-21)15-19-4-3-11-27-19/h3-4,11,17-18H,2,5-10,12-16H2,1H3/t17-,18-,21-/m1/s1. The molecule has 1 aliphatic carbocycles. The molecule has 1 aromatic rings. The Morgan fingerprint density at radius 2 is 2.15 bits per heavy atom. The zero-order valence-electron chi connectivity index (χ0n) is 16.4. The monoisotopic (exact) mass is 376 g/mol. The minimum atomic E-state index is -0.358. The van der Waals surface area contributed by atoms with Crippen LogP contribution in [0.4, 0.5) is 0 Å². The van der Waals surface area contributed by atoms with Crippen LogP contribution in [0.3, 0.4) is 0 Å². The van der Waals surface area contributed by atoms with Crippen LogP contribution < -0.4 is 0 Å². The molecular weight excluding hydrogens is 344 g/mol. The third kappa shape index (κ3) is 3.93. The van der Waals surface area contributed by atoms with Crippen molar-refractivity contribution in [2.24, 2.45) is 11.3 Å². The van der Waals surface area contributed by atoms with Crippen molar-refractivity contribution >= 4 is 5.97 Å². The first-order valence-electron chi connectivity index (χ1n) is 10.4. The number of carbonyl (C=O) groups is 1. The van der Waals surface area contributed by atoms with Crippen LogP contribution in [-0.2, 0) is 20.8 Å². The molecule has 2 aliphatic heterocycles. The summed E-state index contributed by atoms with van der Waals surface area (Å²) in [7, 11) is 0. The van der Waals surface area contributed by atoms with Gasteiger partial charge in [0.2, 0.25) is 0 Å². The number of hydrogen-bond acceptors (Lipinski definition) is 6. The van der Waals surface area contributed by atoms with Crippen LogP contribution >= 0.6 is 0 Å². The van der Waals surface area contributed by atoms with E-state index in [4.69, 9.17) is 13.9 Å². The number of nitrogens with zero attached hydrogens (tertiary/aromatic N) is 2. The molecule has 3 heterocycles. The molecule has 150 valence electrons. The van der Waals surface area contributed by atoms with Gasteiger partial charge in [0.05, 0.1) is 38.0 Å². The number of ether oxygens (including phenoxy) is 2. The second-order valence-electron chi connectivity index (χ2n) is 8.23. The van der Waals surface area contributed by atoms with Crippen LogP contribution in [0.25, 0.3) is 0 Å². The Morgan fingerprint density at radius 3 is 2.89 bits per heavy atom. The average molecular weight is 376 g/mol. The summed E-state index contributed by atoms with van der Waals surface area (Å²) in [4.78, 5) is 18.0. The zero-order valence-corrected chi connectivity index (χ0v) is 16.4. The lowest BCUT2D eigenvalue weighted by molar-refractivity contribution is -0.170. The molecular formula is C21H32N2O4. The molecule has 6 nitrogen and oxygen atoms in total. The molecule has 1 aromatic heterocycles. The van der Waals surface area contributed by atoms with Gasteiger partial charge in [0.15, 0.2) is 0 Å². The first-order valence-corrected chi connectivity index (χ1v) is 10.4. The smallest absolute Gasteiger partial charge is 0.313 e. The fraction of sp³-hybridized carbons (Fsp3) is 0.762. The predicted molar refractivity (Wildman–Crippen MR) is 101 cm³/mol. The Hall–Kier alpha value is -1.37. The first-order chi connectivity index (χ1) is 13.2. The normalized spacial score (nSPS) is 32.8. The van der Waals surface area contributed by atoms with Crippen molar-refractivity contribution in [2.45, 2.75) is 45.2 Å². The van der Waals surface area contributed by atoms with Crippen molar-refractivity contribution in [2.75, 3.05) is 46.0 Å². The minimum Gasteiger partial charge on any atom is -0.468 e. The number of fused-ring (bicyclic) bond motifs is 1. The molecule has 0 unspecified atom stereocenters. The van der Waals surface area contributed by atoms with Crippen LogP contribution in [0, 0.1) is 11.3 Å². The zero-order chi connectivity index (χ0) is 18.7. The Balaban J connectivity index is 1.48. The van der Waals surface area contributed by atoms with E-state index in [1.165, 1.54) is 0 Å². The fourth-order valence-corrected chi connectivity index (χ4v) is 5.36. The highest BCUT2D eigenvalue weighted by atomic mass is 16.5. The molecule has 3 fully saturated rings. The van der Waals surface area contributed by atoms with E-state index >= 15 is 0 Å². The third-order valence-electron chi connectivity index (χ3n) is 6.76. The number of furan rings is 1. The van der Waals surface area contributed by atoms with Crippen LogP contribution in [0.5, 0.6) is 0 Å². The minimum absolute atomic E-state index is 0.0135. The van der Waals surface area contributed by atoms with Crippen LogP contribution in [0.15, 0.2) is 22.8 Å². The molecule has 3 aliphatic rings. The summed E-state index contributed by atoms with van der Waals surface area (Å²) in [5.41, 5.74) is -0.358. The lowest BCUT2D eigenvalue weighted by atomic mass is 9.61. The summed E-state index contributed by atoms with van der Waals surface area (Å²) >= 11 is 0. The highest BCUT2D eigenvalue weighted by Crippen LogP contribution is 2.48. The fourth-order valence-electron chi connectivity index (χ4n) is 5.36. The SMILES string of the molecule is CCOC(=O)[C@@]12CC[C@@H](N3CCOCC3)C[C@H]1CCN(Cc1ccco1)C2. The van der Waals surface area contributed by atoms with Crippen LogP contribution in [0.1, 0.15) is 38.4 Å². The van der Waals surface area contributed by atoms with Gasteiger partial charge in [0, 0.05) is 25.7 Å². The quantitative estimate of drug-likeness (QED) is 0.736. The van der Waals surface area contributed by atoms with E-state index in [-0.39, 0.29) is 11.4 Å². The van der Waals surface area contributed by atoms with Gasteiger partial charge < -0.3 is 13.9 Å². The van der Waals surface area contributed by atoms with Crippen molar-refractivity contribution in [3.8, 4) is 0 Å². The number of morpholine rings is 1. The molecule has 27 heavy (non-hydrogen) atoms. The summed E-state index contributed by atoms with van der Waals surface area (Å²) in [6.07, 6.45) is 5.88. The molecule has 6 heteroatoms. The molecule has 2 saturated heterocycles. The highest BCUT2D eigenvalue weighted by Gasteiger charge is 2.53. The lowest BCUT2D eigenvalue weighted by Gasteiger charge is -2.52. The Bertz CT molecular complexity index is 614. The number of piperidine rings is 1. The lowest BCUT2D eigenvalue weighted by Crippen LogP contribution is -2.58. The summed E-state index contributed by atoms with van der Waals surface area (Å²) in [6, 6.07) is 4.52. The molecule has 4 rings (SSSR count). The van der Waals surface area contributed by atoms with Crippen molar-refractivity contribution in [3.05, 3.63) is 24.2 Å². The van der Waals surface area contributed by atoms with Gasteiger partial charge in [0.25, 0.3) is 0 Å². The average Bonchev–Trinajstić information content (AvgIpc) is 3.21. The Labute approximate surface area is 161 Å². The van der Waals surface area contributed by atoms with Crippen LogP contribution in [-0.4, -0.2) is 67.8 Å². The van der Waals surface area contributed by atoms with Gasteiger partial charge in [-0.25, -0.2) is 0 Å². The van der Waals surface area contributed by atoms with Gasteiger partial charge in [-0.1, -0.05) is 0 Å². The van der Waals surface area contributed by atoms with Gasteiger partial charge in [-0.15, -0.1) is 0 Å². The maximum atomic E-state index is 13.1. The molecule has 0 bridgehead atoms. The Morgan fingerprint density at radius 1 is 1.30 bits per heavy atom. The van der Waals surface area contributed by atoms with E-state index in [9.17, 15) is 4.79 Å². The van der Waals surface area contributed by atoms with E-state index in [2.05, 4.69) is 9.80 Å². The molecule has 0 radical (unpaired) electrons. The number of rotatable bonds is 5. The van der Waals surface area contributed by atoms with Crippen molar-refractivity contribution in [1.82, 2.24) is 9.80 Å². The van der Waals surface area contributed by atoms with E-state index in [1.54, 1.807) is 6.26 Å². The number of likely N-dealkylation sites (tertiary alicyclic amines) is 1. The summed E-state index contributed by atoms with van der Waals surface area (Å²) in [6.45, 7) is 8.65. The summed E-state index contributed by atoms with van der Waals surface area (Å²) in [5, 5.41) is 0. The van der Waals surface area contributed by atoms with E-state index in [0.29, 0.717) is 18.6 Å². The third-order valence-corrected chi connectivity index (χ3v) is 6.76. The Kier molecular flexibility index (Phi) is 5.85. The molecule has 0 N–H and O–H groups in total. The second kappa shape index (κ2) is 8.33. The molecule has 3 atom stereocenters. The largest absolute Gasteiger partial charge is 0.468 e. The molecule has 0 spiro atoms. The number of hydrogen-bond donors (Lipinski definition) is 0. The summed E-state index contributed by atoms with van der Waals surface area (Å²) < 4.78 is 16.6. The van der Waals surface area contributed by atoms with Gasteiger partial charge in [0.1, 0.15) is 5.76 Å². The van der Waals surface area contributed by atoms with Gasteiger partial charge in [-0.05, 0) is 57.2 Å². The highest BCUT2D eigenvalue weighted by molar-refractivity contribution is 5.78. The van der Waals surface area contributed by atoms with E-state index in [0.717, 1.165) is 77.4 Å². The van der Waals surface area contributed by atoms with E-state index < -0.39 is 0 Å². The maximum Gasteiger partial charge on any atom is 0.313 e. The molecule has 0 aromatic carbocycles. The topological polar surface area (TPSA) is 55.1 Å². The summed E-state index contributed by atoms with van der Waals surface area (Å²) in [5.74, 6) is 1.39. The maximum absolute atomic E-state index is 13.1. The van der Waals surface area contributed by atoms with Crippen LogP contribution in [0.2, 0.25) is 0 Å². The van der Waals surface area contributed by atoms with Gasteiger partial charge >= 0.3 is 5.97 Å². The molecule has 0 amide bonds. The number of esters is 1. The van der Waals surface area contributed by atoms with Crippen molar-refractivity contribution < 1.29 is 18.7 Å². The first kappa shape index (κ1) is 19.0. The van der Waals surface area contributed by atoms with Crippen molar-refractivity contribution in [1.29, 1.82) is 0 Å². The number of carbonyl (C=O) groups excluding carboxylic acids is 1.